The van der Waals surface area contributed by atoms with Crippen LogP contribution in [0.5, 0.6) is 0 Å². The van der Waals surface area contributed by atoms with E-state index in [1.165, 1.54) is 12.0 Å². The monoisotopic (exact) mass is 418 g/mol. The van der Waals surface area contributed by atoms with Crippen LogP contribution in [-0.4, -0.2) is 62.5 Å². The number of benzene rings is 1. The Morgan fingerprint density at radius 3 is 2.60 bits per heavy atom. The van der Waals surface area contributed by atoms with E-state index in [-0.39, 0.29) is 24.5 Å². The molecule has 1 aliphatic heterocycles. The van der Waals surface area contributed by atoms with Gasteiger partial charge in [0.1, 0.15) is 6.61 Å². The Morgan fingerprint density at radius 2 is 2.00 bits per heavy atom. The Labute approximate surface area is 176 Å². The standard InChI is InChI=1S/C21H30N4O5/c1-14(12-23-24-22)10-18(28-3)19(29-4)15(2)20(26)25-17(13-30-21(25)27)11-16-8-6-5-7-9-16/h5-9,14-15,17-19H,10-13H2,1-4H3/t14-,15+,17+,18-,19+/m0/s1. The zero-order valence-electron chi connectivity index (χ0n) is 17.9. The van der Waals surface area contributed by atoms with Crippen LogP contribution in [0, 0.1) is 11.8 Å². The lowest BCUT2D eigenvalue weighted by molar-refractivity contribution is -0.143. The molecule has 2 amide bonds. The van der Waals surface area contributed by atoms with Gasteiger partial charge in [-0.1, -0.05) is 49.3 Å². The van der Waals surface area contributed by atoms with Gasteiger partial charge in [-0.05, 0) is 29.9 Å². The van der Waals surface area contributed by atoms with Gasteiger partial charge in [-0.25, -0.2) is 9.69 Å². The first-order valence-electron chi connectivity index (χ1n) is 10.0. The maximum absolute atomic E-state index is 13.3. The zero-order chi connectivity index (χ0) is 22.1. The topological polar surface area (TPSA) is 114 Å². The number of imide groups is 1. The number of carbonyl (C=O) groups is 2. The van der Waals surface area contributed by atoms with Crippen molar-refractivity contribution in [1.29, 1.82) is 0 Å². The first kappa shape index (κ1) is 23.7. The van der Waals surface area contributed by atoms with E-state index in [0.29, 0.717) is 19.4 Å². The maximum Gasteiger partial charge on any atom is 0.416 e. The van der Waals surface area contributed by atoms with Crippen molar-refractivity contribution in [2.75, 3.05) is 27.4 Å². The van der Waals surface area contributed by atoms with Crippen LogP contribution in [0.25, 0.3) is 10.4 Å². The molecule has 0 aromatic heterocycles. The van der Waals surface area contributed by atoms with E-state index in [2.05, 4.69) is 10.0 Å². The molecular formula is C21H30N4O5. The minimum atomic E-state index is -0.631. The second kappa shape index (κ2) is 11.5. The van der Waals surface area contributed by atoms with Crippen molar-refractivity contribution in [1.82, 2.24) is 4.90 Å². The third-order valence-corrected chi connectivity index (χ3v) is 5.43. The number of ether oxygens (including phenoxy) is 3. The lowest BCUT2D eigenvalue weighted by atomic mass is 9.91. The Balaban J connectivity index is 2.12. The van der Waals surface area contributed by atoms with Gasteiger partial charge in [0.15, 0.2) is 0 Å². The van der Waals surface area contributed by atoms with Crippen molar-refractivity contribution in [2.24, 2.45) is 17.0 Å². The summed E-state index contributed by atoms with van der Waals surface area (Å²) in [5, 5.41) is 3.59. The molecule has 0 aliphatic carbocycles. The molecular weight excluding hydrogens is 388 g/mol. The van der Waals surface area contributed by atoms with Crippen molar-refractivity contribution in [3.8, 4) is 0 Å². The lowest BCUT2D eigenvalue weighted by Gasteiger charge is -2.32. The van der Waals surface area contributed by atoms with Crippen molar-refractivity contribution in [2.45, 2.75) is 44.9 Å². The molecule has 0 spiro atoms. The molecule has 1 heterocycles. The van der Waals surface area contributed by atoms with Crippen LogP contribution in [0.3, 0.4) is 0 Å². The second-order valence-corrected chi connectivity index (χ2v) is 7.65. The smallest absolute Gasteiger partial charge is 0.416 e. The molecule has 0 unspecified atom stereocenters. The van der Waals surface area contributed by atoms with Crippen LogP contribution in [-0.2, 0) is 25.4 Å². The van der Waals surface area contributed by atoms with E-state index in [4.69, 9.17) is 19.7 Å². The quantitative estimate of drug-likeness (QED) is 0.309. The summed E-state index contributed by atoms with van der Waals surface area (Å²) in [6, 6.07) is 9.31. The number of amides is 2. The summed E-state index contributed by atoms with van der Waals surface area (Å²) in [5.41, 5.74) is 9.53. The van der Waals surface area contributed by atoms with Gasteiger partial charge < -0.3 is 14.2 Å². The summed E-state index contributed by atoms with van der Waals surface area (Å²) >= 11 is 0. The fourth-order valence-electron chi connectivity index (χ4n) is 3.82. The number of hydrogen-bond donors (Lipinski definition) is 0. The van der Waals surface area contributed by atoms with Gasteiger partial charge in [-0.3, -0.25) is 4.79 Å². The first-order valence-corrected chi connectivity index (χ1v) is 10.0. The molecule has 30 heavy (non-hydrogen) atoms. The predicted octanol–water partition coefficient (Wildman–Crippen LogP) is 3.58. The minimum Gasteiger partial charge on any atom is -0.447 e. The number of nitrogens with zero attached hydrogens (tertiary/aromatic N) is 4. The summed E-state index contributed by atoms with van der Waals surface area (Å²) in [4.78, 5) is 29.6. The van der Waals surface area contributed by atoms with Crippen LogP contribution in [0.2, 0.25) is 0 Å². The minimum absolute atomic E-state index is 0.0494. The Hall–Kier alpha value is -2.61. The van der Waals surface area contributed by atoms with Crippen molar-refractivity contribution >= 4 is 12.0 Å². The van der Waals surface area contributed by atoms with Gasteiger partial charge in [-0.15, -0.1) is 0 Å². The summed E-state index contributed by atoms with van der Waals surface area (Å²) in [5.74, 6) is -0.932. The number of methoxy groups -OCH3 is 2. The fourth-order valence-corrected chi connectivity index (χ4v) is 3.82. The Morgan fingerprint density at radius 1 is 1.30 bits per heavy atom. The van der Waals surface area contributed by atoms with Crippen LogP contribution in [0.1, 0.15) is 25.8 Å². The average molecular weight is 418 g/mol. The molecule has 1 aromatic rings. The molecule has 164 valence electrons. The van der Waals surface area contributed by atoms with E-state index in [1.807, 2.05) is 37.3 Å². The third kappa shape index (κ3) is 5.95. The highest BCUT2D eigenvalue weighted by atomic mass is 16.6. The van der Waals surface area contributed by atoms with Gasteiger partial charge in [0.05, 0.1) is 24.2 Å². The fraction of sp³-hybridized carbons (Fsp3) is 0.619. The van der Waals surface area contributed by atoms with Gasteiger partial charge in [0.25, 0.3) is 0 Å². The van der Waals surface area contributed by atoms with Crippen molar-refractivity contribution in [3.05, 3.63) is 46.3 Å². The third-order valence-electron chi connectivity index (χ3n) is 5.43. The number of hydrogen-bond acceptors (Lipinski definition) is 6. The molecule has 9 nitrogen and oxygen atoms in total. The van der Waals surface area contributed by atoms with E-state index in [0.717, 1.165) is 5.56 Å². The van der Waals surface area contributed by atoms with E-state index in [9.17, 15) is 9.59 Å². The van der Waals surface area contributed by atoms with Crippen LogP contribution in [0.15, 0.2) is 35.4 Å². The van der Waals surface area contributed by atoms with E-state index >= 15 is 0 Å². The van der Waals surface area contributed by atoms with Gasteiger partial charge >= 0.3 is 6.09 Å². The van der Waals surface area contributed by atoms with Crippen LogP contribution < -0.4 is 0 Å². The van der Waals surface area contributed by atoms with Crippen LogP contribution in [0.4, 0.5) is 4.79 Å². The van der Waals surface area contributed by atoms with Gasteiger partial charge in [0, 0.05) is 25.7 Å². The van der Waals surface area contributed by atoms with Gasteiger partial charge in [-0.2, -0.15) is 0 Å². The Bertz CT molecular complexity index is 753. The average Bonchev–Trinajstić information content (AvgIpc) is 3.11. The summed E-state index contributed by atoms with van der Waals surface area (Å²) < 4.78 is 16.4. The molecule has 5 atom stereocenters. The molecule has 1 fully saturated rings. The first-order chi connectivity index (χ1) is 14.4. The highest BCUT2D eigenvalue weighted by Gasteiger charge is 2.43. The normalized spacial score (nSPS) is 20.1. The van der Waals surface area contributed by atoms with Gasteiger partial charge in [0.2, 0.25) is 5.91 Å². The van der Waals surface area contributed by atoms with E-state index in [1.54, 1.807) is 14.0 Å². The number of rotatable bonds is 11. The van der Waals surface area contributed by atoms with E-state index < -0.39 is 24.2 Å². The molecule has 0 bridgehead atoms. The molecule has 0 saturated carbocycles. The second-order valence-electron chi connectivity index (χ2n) is 7.65. The molecule has 1 aliphatic rings. The largest absolute Gasteiger partial charge is 0.447 e. The number of azide groups is 1. The van der Waals surface area contributed by atoms with Crippen molar-refractivity contribution in [3.63, 3.8) is 0 Å². The highest BCUT2D eigenvalue weighted by Crippen LogP contribution is 2.26. The summed E-state index contributed by atoms with van der Waals surface area (Å²) in [6.45, 7) is 4.16. The predicted molar refractivity (Wildman–Crippen MR) is 111 cm³/mol. The van der Waals surface area contributed by atoms with Crippen molar-refractivity contribution < 1.29 is 23.8 Å². The zero-order valence-corrected chi connectivity index (χ0v) is 17.9. The summed E-state index contributed by atoms with van der Waals surface area (Å²) in [7, 11) is 3.07. The number of carbonyl (C=O) groups excluding carboxylic acids is 2. The molecule has 2 rings (SSSR count). The molecule has 1 saturated heterocycles. The molecule has 9 heteroatoms. The van der Waals surface area contributed by atoms with Crippen LogP contribution >= 0.6 is 0 Å². The lowest BCUT2D eigenvalue weighted by Crippen LogP contribution is -2.49. The molecule has 0 radical (unpaired) electrons. The molecule has 1 aromatic carbocycles. The maximum atomic E-state index is 13.3. The summed E-state index contributed by atoms with van der Waals surface area (Å²) in [6.07, 6.45) is -0.525. The highest BCUT2D eigenvalue weighted by molar-refractivity contribution is 5.95. The number of cyclic esters (lactones) is 1. The SMILES string of the molecule is CO[C@@H]([C@H](C[C@H](C)CN=[N+]=[N-])OC)[C@@H](C)C(=O)N1C(=O)OC[C@H]1Cc1ccccc1. The molecule has 0 N–H and O–H groups in total. The Kier molecular flexibility index (Phi) is 9.11.